The van der Waals surface area contributed by atoms with Gasteiger partial charge in [-0.1, -0.05) is 13.8 Å². The second kappa shape index (κ2) is 3.97. The lowest BCUT2D eigenvalue weighted by molar-refractivity contribution is -0.138. The Hall–Kier alpha value is -0.410. The van der Waals surface area contributed by atoms with Crippen LogP contribution < -0.4 is 0 Å². The summed E-state index contributed by atoms with van der Waals surface area (Å²) in [5.41, 5.74) is 0.162. The van der Waals surface area contributed by atoms with E-state index >= 15 is 0 Å². The highest BCUT2D eigenvalue weighted by Gasteiger charge is 2.76. The monoisotopic (exact) mass is 304 g/mol. The summed E-state index contributed by atoms with van der Waals surface area (Å²) in [4.78, 5) is 12.4. The van der Waals surface area contributed by atoms with Crippen LogP contribution in [0.2, 0.25) is 0 Å². The van der Waals surface area contributed by atoms with Crippen molar-refractivity contribution >= 4 is 5.78 Å². The largest absolute Gasteiger partial charge is 0.393 e. The molecule has 0 amide bonds. The van der Waals surface area contributed by atoms with Crippen LogP contribution in [0.25, 0.3) is 0 Å². The van der Waals surface area contributed by atoms with Crippen molar-refractivity contribution in [3.63, 3.8) is 0 Å². The summed E-state index contributed by atoms with van der Waals surface area (Å²) >= 11 is 0. The van der Waals surface area contributed by atoms with E-state index in [1.54, 1.807) is 0 Å². The SMILES string of the molecule is C[C@]12CCC3[C@@H](C[C@@H]4O[C@@]45C[C@@H](O)CC[C@]35C)C1CCC2=O. The molecule has 0 aromatic heterocycles. The summed E-state index contributed by atoms with van der Waals surface area (Å²) in [7, 11) is 0. The van der Waals surface area contributed by atoms with Gasteiger partial charge in [0.2, 0.25) is 0 Å². The molecule has 0 bridgehead atoms. The van der Waals surface area contributed by atoms with Crippen LogP contribution in [-0.4, -0.2) is 28.7 Å². The Morgan fingerprint density at radius 2 is 1.95 bits per heavy atom. The van der Waals surface area contributed by atoms with Gasteiger partial charge >= 0.3 is 0 Å². The van der Waals surface area contributed by atoms with Crippen molar-refractivity contribution in [2.24, 2.45) is 28.6 Å². The normalized spacial score (nSPS) is 62.7. The zero-order chi connectivity index (χ0) is 15.3. The second-order valence-corrected chi connectivity index (χ2v) is 9.34. The lowest BCUT2D eigenvalue weighted by Crippen LogP contribution is -2.58. The molecule has 4 saturated carbocycles. The number of ether oxygens (including phenoxy) is 1. The van der Waals surface area contributed by atoms with E-state index in [0.717, 1.165) is 44.9 Å². The number of aliphatic hydroxyl groups excluding tert-OH is 1. The van der Waals surface area contributed by atoms with Crippen LogP contribution in [0, 0.1) is 28.6 Å². The van der Waals surface area contributed by atoms with Crippen molar-refractivity contribution in [3.05, 3.63) is 0 Å². The molecule has 1 saturated heterocycles. The van der Waals surface area contributed by atoms with Gasteiger partial charge < -0.3 is 9.84 Å². The number of Topliss-reactive ketones (excluding diaryl/α,β-unsaturated/α-hetero) is 1. The molecule has 1 aliphatic heterocycles. The van der Waals surface area contributed by atoms with Crippen LogP contribution in [0.5, 0.6) is 0 Å². The van der Waals surface area contributed by atoms with Gasteiger partial charge in [0.25, 0.3) is 0 Å². The van der Waals surface area contributed by atoms with Gasteiger partial charge in [-0.2, -0.15) is 0 Å². The standard InChI is InChI=1S/C19H28O3/c1-17-7-6-14-12(13(17)3-4-15(17)21)9-16-19(22-16)10-11(20)5-8-18(14,19)2/h11-14,16,20H,3-10H2,1-2H3/t11-,12-,13?,14?,16-,17-,18+,19-/m0/s1. The number of hydrogen-bond acceptors (Lipinski definition) is 3. The number of ketones is 1. The smallest absolute Gasteiger partial charge is 0.139 e. The molecule has 1 spiro atoms. The molecular weight excluding hydrogens is 276 g/mol. The van der Waals surface area contributed by atoms with Gasteiger partial charge in [0.05, 0.1) is 12.2 Å². The predicted octanol–water partition coefficient (Wildman–Crippen LogP) is 3.09. The van der Waals surface area contributed by atoms with Crippen molar-refractivity contribution in [1.29, 1.82) is 0 Å². The Kier molecular flexibility index (Phi) is 2.52. The zero-order valence-corrected chi connectivity index (χ0v) is 13.8. The molecule has 1 heterocycles. The minimum absolute atomic E-state index is 0.0256. The van der Waals surface area contributed by atoms with Gasteiger partial charge in [-0.3, -0.25) is 4.79 Å². The quantitative estimate of drug-likeness (QED) is 0.700. The van der Waals surface area contributed by atoms with Crippen molar-refractivity contribution in [3.8, 4) is 0 Å². The summed E-state index contributed by atoms with van der Waals surface area (Å²) in [6.07, 6.45) is 8.37. The first-order valence-electron chi connectivity index (χ1n) is 9.30. The van der Waals surface area contributed by atoms with Crippen LogP contribution in [-0.2, 0) is 9.53 Å². The number of epoxide rings is 1. The Bertz CT molecular complexity index is 545. The number of aliphatic hydroxyl groups is 1. The minimum atomic E-state index is -0.170. The topological polar surface area (TPSA) is 49.8 Å². The third-order valence-electron chi connectivity index (χ3n) is 8.77. The molecule has 5 fully saturated rings. The number of hydrogen-bond donors (Lipinski definition) is 1. The number of carbonyl (C=O) groups excluding carboxylic acids is 1. The first-order chi connectivity index (χ1) is 10.4. The number of carbonyl (C=O) groups is 1. The highest BCUT2D eigenvalue weighted by atomic mass is 16.6. The maximum absolute atomic E-state index is 12.4. The Balaban J connectivity index is 1.53. The first-order valence-corrected chi connectivity index (χ1v) is 9.30. The van der Waals surface area contributed by atoms with E-state index in [1.165, 1.54) is 6.42 Å². The van der Waals surface area contributed by atoms with Gasteiger partial charge in [-0.25, -0.2) is 0 Å². The molecule has 3 heteroatoms. The molecule has 5 aliphatic rings. The van der Waals surface area contributed by atoms with Crippen LogP contribution in [0.15, 0.2) is 0 Å². The molecule has 0 radical (unpaired) electrons. The minimum Gasteiger partial charge on any atom is -0.393 e. The Morgan fingerprint density at radius 3 is 2.77 bits per heavy atom. The fourth-order valence-corrected chi connectivity index (χ4v) is 7.43. The third kappa shape index (κ3) is 1.40. The molecule has 122 valence electrons. The van der Waals surface area contributed by atoms with Gasteiger partial charge in [-0.15, -0.1) is 0 Å². The molecule has 5 rings (SSSR count). The van der Waals surface area contributed by atoms with E-state index in [1.807, 2.05) is 0 Å². The fourth-order valence-electron chi connectivity index (χ4n) is 7.43. The van der Waals surface area contributed by atoms with Crippen LogP contribution in [0.1, 0.15) is 65.2 Å². The summed E-state index contributed by atoms with van der Waals surface area (Å²) < 4.78 is 6.30. The van der Waals surface area contributed by atoms with Crippen molar-refractivity contribution in [2.45, 2.75) is 83.0 Å². The van der Waals surface area contributed by atoms with Crippen LogP contribution in [0.4, 0.5) is 0 Å². The zero-order valence-electron chi connectivity index (χ0n) is 13.8. The highest BCUT2D eigenvalue weighted by Crippen LogP contribution is 2.72. The molecule has 4 aliphatic carbocycles. The molecule has 0 aromatic carbocycles. The van der Waals surface area contributed by atoms with E-state index < -0.39 is 0 Å². The first kappa shape index (κ1) is 14.0. The Morgan fingerprint density at radius 1 is 1.14 bits per heavy atom. The van der Waals surface area contributed by atoms with Gasteiger partial charge in [0.15, 0.2) is 0 Å². The highest BCUT2D eigenvalue weighted by molar-refractivity contribution is 5.87. The summed E-state index contributed by atoms with van der Waals surface area (Å²) in [5, 5.41) is 10.2. The van der Waals surface area contributed by atoms with E-state index in [-0.39, 0.29) is 22.5 Å². The van der Waals surface area contributed by atoms with Gasteiger partial charge in [0, 0.05) is 23.7 Å². The van der Waals surface area contributed by atoms with Crippen molar-refractivity contribution < 1.29 is 14.6 Å². The Labute approximate surface area is 132 Å². The maximum atomic E-state index is 12.4. The van der Waals surface area contributed by atoms with Gasteiger partial charge in [-0.05, 0) is 56.3 Å². The van der Waals surface area contributed by atoms with E-state index in [4.69, 9.17) is 4.74 Å². The van der Waals surface area contributed by atoms with Crippen LogP contribution in [0.3, 0.4) is 0 Å². The van der Waals surface area contributed by atoms with E-state index in [0.29, 0.717) is 29.6 Å². The summed E-state index contributed by atoms with van der Waals surface area (Å²) in [6.45, 7) is 4.68. The van der Waals surface area contributed by atoms with E-state index in [9.17, 15) is 9.90 Å². The van der Waals surface area contributed by atoms with E-state index in [2.05, 4.69) is 13.8 Å². The summed E-state index contributed by atoms with van der Waals surface area (Å²) in [5.74, 6) is 2.48. The summed E-state index contributed by atoms with van der Waals surface area (Å²) in [6, 6.07) is 0. The second-order valence-electron chi connectivity index (χ2n) is 9.34. The molecule has 22 heavy (non-hydrogen) atoms. The lowest BCUT2D eigenvalue weighted by atomic mass is 9.45. The van der Waals surface area contributed by atoms with Crippen molar-refractivity contribution in [1.82, 2.24) is 0 Å². The number of rotatable bonds is 0. The maximum Gasteiger partial charge on any atom is 0.139 e. The lowest BCUT2D eigenvalue weighted by Gasteiger charge is -2.58. The average Bonchev–Trinajstić information content (AvgIpc) is 3.08. The van der Waals surface area contributed by atoms with Crippen molar-refractivity contribution in [2.75, 3.05) is 0 Å². The molecule has 0 aromatic rings. The molecular formula is C19H28O3. The molecule has 2 unspecified atom stereocenters. The predicted molar refractivity (Wildman–Crippen MR) is 82.2 cm³/mol. The molecule has 8 atom stereocenters. The number of fused-ring (bicyclic) bond motifs is 4. The molecule has 3 nitrogen and oxygen atoms in total. The average molecular weight is 304 g/mol. The van der Waals surface area contributed by atoms with Gasteiger partial charge in [0.1, 0.15) is 11.4 Å². The fraction of sp³-hybridized carbons (Fsp3) is 0.947. The van der Waals surface area contributed by atoms with Crippen LogP contribution >= 0.6 is 0 Å². The molecule has 1 N–H and O–H groups in total. The third-order valence-corrected chi connectivity index (χ3v) is 8.77.